The maximum Gasteiger partial charge on any atom is 0.412 e. The molecule has 6 nitrogen and oxygen atoms in total. The van der Waals surface area contributed by atoms with Crippen LogP contribution in [0.15, 0.2) is 60.8 Å². The number of carbonyl (C=O) groups excluding carboxylic acids is 1. The van der Waals surface area contributed by atoms with E-state index in [-0.39, 0.29) is 11.1 Å². The molecule has 0 spiro atoms. The number of hydrogen-bond acceptors (Lipinski definition) is 4. The molecule has 1 aliphatic rings. The molecule has 0 saturated heterocycles. The number of aromatic nitrogens is 1. The Labute approximate surface area is 206 Å². The van der Waals surface area contributed by atoms with Crippen molar-refractivity contribution < 1.29 is 18.3 Å². The second-order valence-corrected chi connectivity index (χ2v) is 9.53. The van der Waals surface area contributed by atoms with Gasteiger partial charge in [0, 0.05) is 34.6 Å². The Morgan fingerprint density at radius 1 is 1.14 bits per heavy atom. The Balaban J connectivity index is 1.51. The Hall–Kier alpha value is -4.38. The van der Waals surface area contributed by atoms with Gasteiger partial charge in [-0.15, -0.1) is 0 Å². The largest absolute Gasteiger partial charge is 0.443 e. The first-order valence-electron chi connectivity index (χ1n) is 11.5. The van der Waals surface area contributed by atoms with Gasteiger partial charge in [-0.3, -0.25) is 5.32 Å². The topological polar surface area (TPSA) is 89.9 Å². The van der Waals surface area contributed by atoms with Crippen LogP contribution >= 0.6 is 0 Å². The van der Waals surface area contributed by atoms with Crippen LogP contribution in [0.1, 0.15) is 37.8 Å². The number of carbonyl (C=O) groups is 1. The fraction of sp³-hybridized carbons (Fsp3) is 0.214. The van der Waals surface area contributed by atoms with Crippen molar-refractivity contribution in [1.82, 2.24) is 4.98 Å². The molecule has 0 fully saturated rings. The zero-order valence-corrected chi connectivity index (χ0v) is 19.9. The van der Waals surface area contributed by atoms with Gasteiger partial charge in [0.1, 0.15) is 17.7 Å². The third-order valence-corrected chi connectivity index (χ3v) is 6.66. The Morgan fingerprint density at radius 2 is 1.92 bits per heavy atom. The summed E-state index contributed by atoms with van der Waals surface area (Å²) in [4.78, 5) is 15.8. The fourth-order valence-electron chi connectivity index (χ4n) is 5.10. The lowest BCUT2D eigenvalue weighted by Gasteiger charge is -2.44. The maximum atomic E-state index is 16.1. The summed E-state index contributed by atoms with van der Waals surface area (Å²) in [6.07, 6.45) is 0.210. The predicted octanol–water partition coefficient (Wildman–Crippen LogP) is 6.91. The zero-order chi connectivity index (χ0) is 25.6. The highest BCUT2D eigenvalue weighted by Gasteiger charge is 2.45. The van der Waals surface area contributed by atoms with Crippen molar-refractivity contribution in [2.45, 2.75) is 38.3 Å². The summed E-state index contributed by atoms with van der Waals surface area (Å²) in [5.74, 6) is -1.97. The molecular formula is C28H24F2N4O2. The highest BCUT2D eigenvalue weighted by atomic mass is 19.1. The van der Waals surface area contributed by atoms with Crippen molar-refractivity contribution in [1.29, 1.82) is 5.26 Å². The Bertz CT molecular complexity index is 1540. The van der Waals surface area contributed by atoms with Crippen LogP contribution < -0.4 is 10.6 Å². The van der Waals surface area contributed by atoms with Crippen LogP contribution in [0.3, 0.4) is 0 Å². The normalized spacial score (nSPS) is 18.1. The Kier molecular flexibility index (Phi) is 5.64. The molecule has 1 aromatic heterocycles. The third-order valence-electron chi connectivity index (χ3n) is 6.66. The standard InChI is InChI=1S/C28H24F2N4O2/c1-15-22-21(13-20(29)23(24(22)30)19-9-5-7-17-10-11-32-25(17)19)34-28(2,3)26(15)36-27(35)33-18-8-4-6-16(12-18)14-31/h4-13,15,26,32,34H,1-3H3,(H,33,35)/t15-,26+/m0/s1. The minimum atomic E-state index is -0.821. The van der Waals surface area contributed by atoms with E-state index < -0.39 is 35.3 Å². The van der Waals surface area contributed by atoms with Gasteiger partial charge in [-0.2, -0.15) is 5.26 Å². The van der Waals surface area contributed by atoms with Gasteiger partial charge < -0.3 is 15.0 Å². The molecule has 0 aliphatic carbocycles. The van der Waals surface area contributed by atoms with Crippen molar-refractivity contribution in [3.63, 3.8) is 0 Å². The number of amides is 1. The lowest BCUT2D eigenvalue weighted by molar-refractivity contribution is 0.0561. The molecule has 0 bridgehead atoms. The first-order chi connectivity index (χ1) is 17.2. The average molecular weight is 487 g/mol. The lowest BCUT2D eigenvalue weighted by Crippen LogP contribution is -2.52. The number of benzene rings is 3. The molecule has 182 valence electrons. The van der Waals surface area contributed by atoms with E-state index in [0.717, 1.165) is 5.39 Å². The number of halogens is 2. The number of anilines is 2. The number of fused-ring (bicyclic) bond motifs is 2. The van der Waals surface area contributed by atoms with Crippen LogP contribution in [0.2, 0.25) is 0 Å². The SMILES string of the molecule is C[C@H]1c2c(cc(F)c(-c3cccc4cc[nH]c34)c2F)NC(C)(C)[C@@H]1OC(=O)Nc1cccc(C#N)c1. The predicted molar refractivity (Wildman–Crippen MR) is 135 cm³/mol. The van der Waals surface area contributed by atoms with Crippen LogP contribution in [0, 0.1) is 23.0 Å². The van der Waals surface area contributed by atoms with E-state index in [1.165, 1.54) is 12.1 Å². The molecule has 3 aromatic carbocycles. The minimum absolute atomic E-state index is 0.133. The number of para-hydroxylation sites is 1. The van der Waals surface area contributed by atoms with Gasteiger partial charge in [-0.1, -0.05) is 31.2 Å². The molecule has 0 radical (unpaired) electrons. The van der Waals surface area contributed by atoms with Gasteiger partial charge in [-0.25, -0.2) is 13.6 Å². The summed E-state index contributed by atoms with van der Waals surface area (Å²) in [7, 11) is 0. The van der Waals surface area contributed by atoms with Crippen molar-refractivity contribution in [3.8, 4) is 17.2 Å². The van der Waals surface area contributed by atoms with Gasteiger partial charge in [0.2, 0.25) is 0 Å². The summed E-state index contributed by atoms with van der Waals surface area (Å²) in [5.41, 5.74) is 1.47. The van der Waals surface area contributed by atoms with E-state index in [1.54, 1.807) is 43.5 Å². The minimum Gasteiger partial charge on any atom is -0.443 e. The second kappa shape index (κ2) is 8.68. The zero-order valence-electron chi connectivity index (χ0n) is 19.9. The number of nitriles is 1. The molecular weight excluding hydrogens is 462 g/mol. The van der Waals surface area contributed by atoms with Gasteiger partial charge in [0.15, 0.2) is 0 Å². The van der Waals surface area contributed by atoms with Gasteiger partial charge in [0.05, 0.1) is 28.3 Å². The van der Waals surface area contributed by atoms with Gasteiger partial charge >= 0.3 is 6.09 Å². The van der Waals surface area contributed by atoms with Crippen LogP contribution in [0.25, 0.3) is 22.0 Å². The molecule has 5 rings (SSSR count). The highest BCUT2D eigenvalue weighted by molar-refractivity contribution is 5.95. The number of hydrogen-bond donors (Lipinski definition) is 3. The monoisotopic (exact) mass is 486 g/mol. The van der Waals surface area contributed by atoms with E-state index in [2.05, 4.69) is 15.6 Å². The molecule has 2 atom stereocenters. The summed E-state index contributed by atoms with van der Waals surface area (Å²) >= 11 is 0. The van der Waals surface area contributed by atoms with Crippen molar-refractivity contribution >= 4 is 28.4 Å². The molecule has 4 aromatic rings. The summed E-state index contributed by atoms with van der Waals surface area (Å²) in [6, 6.07) is 16.9. The van der Waals surface area contributed by atoms with Crippen molar-refractivity contribution in [3.05, 3.63) is 83.6 Å². The number of H-pyrrole nitrogens is 1. The van der Waals surface area contributed by atoms with E-state index in [0.29, 0.717) is 28.0 Å². The number of nitrogens with zero attached hydrogens (tertiary/aromatic N) is 1. The molecule has 0 saturated carbocycles. The fourth-order valence-corrected chi connectivity index (χ4v) is 5.10. The van der Waals surface area contributed by atoms with E-state index >= 15 is 8.78 Å². The first kappa shape index (κ1) is 23.4. The highest BCUT2D eigenvalue weighted by Crippen LogP contribution is 2.46. The van der Waals surface area contributed by atoms with E-state index in [9.17, 15) is 4.79 Å². The van der Waals surface area contributed by atoms with Crippen LogP contribution in [0.4, 0.5) is 25.0 Å². The number of rotatable bonds is 3. The van der Waals surface area contributed by atoms with E-state index in [4.69, 9.17) is 10.00 Å². The molecule has 36 heavy (non-hydrogen) atoms. The van der Waals surface area contributed by atoms with Gasteiger partial charge in [0.25, 0.3) is 0 Å². The summed E-state index contributed by atoms with van der Waals surface area (Å²) < 4.78 is 37.2. The average Bonchev–Trinajstić information content (AvgIpc) is 3.31. The van der Waals surface area contributed by atoms with Crippen molar-refractivity contribution in [2.24, 2.45) is 0 Å². The van der Waals surface area contributed by atoms with Crippen LogP contribution in [0.5, 0.6) is 0 Å². The number of nitrogens with one attached hydrogen (secondary N) is 3. The van der Waals surface area contributed by atoms with E-state index in [1.807, 2.05) is 32.0 Å². The molecule has 1 aliphatic heterocycles. The summed E-state index contributed by atoms with van der Waals surface area (Å²) in [5, 5.41) is 15.7. The molecule has 8 heteroatoms. The molecule has 2 heterocycles. The third kappa shape index (κ3) is 3.93. The number of ether oxygens (including phenoxy) is 1. The Morgan fingerprint density at radius 3 is 2.69 bits per heavy atom. The molecule has 3 N–H and O–H groups in total. The lowest BCUT2D eigenvalue weighted by atomic mass is 9.77. The van der Waals surface area contributed by atoms with Crippen LogP contribution in [-0.4, -0.2) is 22.7 Å². The van der Waals surface area contributed by atoms with Crippen LogP contribution in [-0.2, 0) is 4.74 Å². The van der Waals surface area contributed by atoms with Gasteiger partial charge in [-0.05, 0) is 49.6 Å². The van der Waals surface area contributed by atoms with Crippen molar-refractivity contribution in [2.75, 3.05) is 10.6 Å². The molecule has 0 unspecified atom stereocenters. The number of aromatic amines is 1. The molecule has 1 amide bonds. The maximum absolute atomic E-state index is 16.1. The first-order valence-corrected chi connectivity index (χ1v) is 11.5. The quantitative estimate of drug-likeness (QED) is 0.294. The second-order valence-electron chi connectivity index (χ2n) is 9.53. The smallest absolute Gasteiger partial charge is 0.412 e. The summed E-state index contributed by atoms with van der Waals surface area (Å²) in [6.45, 7) is 5.38.